The van der Waals surface area contributed by atoms with Gasteiger partial charge in [-0.3, -0.25) is 0 Å². The molecule has 0 amide bonds. The Morgan fingerprint density at radius 1 is 0.850 bits per heavy atom. The number of aliphatic hydroxyl groups is 1. The molecule has 3 aromatic carbocycles. The predicted octanol–water partition coefficient (Wildman–Crippen LogP) is 4.76. The van der Waals surface area contributed by atoms with Crippen molar-refractivity contribution in [3.05, 3.63) is 103 Å². The summed E-state index contributed by atoms with van der Waals surface area (Å²) in [5, 5.41) is 13.3. The second-order valence-corrected chi connectivity index (χ2v) is 15.8. The van der Waals surface area contributed by atoms with Crippen LogP contribution in [0.1, 0.15) is 39.0 Å². The van der Waals surface area contributed by atoms with Crippen molar-refractivity contribution in [2.45, 2.75) is 62.9 Å². The van der Waals surface area contributed by atoms with Crippen molar-refractivity contribution >= 4 is 18.7 Å². The molecule has 1 fully saturated rings. The smallest absolute Gasteiger partial charge is 0.261 e. The highest BCUT2D eigenvalue weighted by Gasteiger charge is 2.51. The summed E-state index contributed by atoms with van der Waals surface area (Å²) in [5.74, 6) is 0.785. The van der Waals surface area contributed by atoms with Crippen LogP contribution in [0.2, 0.25) is 5.04 Å². The molecule has 2 aliphatic heterocycles. The van der Waals surface area contributed by atoms with E-state index in [-0.39, 0.29) is 23.9 Å². The minimum Gasteiger partial charge on any atom is -0.497 e. The minimum atomic E-state index is -2.79. The van der Waals surface area contributed by atoms with Crippen molar-refractivity contribution in [3.8, 4) is 5.75 Å². The van der Waals surface area contributed by atoms with E-state index in [9.17, 15) is 5.11 Å². The van der Waals surface area contributed by atoms with Gasteiger partial charge >= 0.3 is 0 Å². The van der Waals surface area contributed by atoms with Crippen molar-refractivity contribution in [2.75, 3.05) is 20.3 Å². The van der Waals surface area contributed by atoms with E-state index in [1.807, 2.05) is 42.5 Å². The van der Waals surface area contributed by atoms with Crippen molar-refractivity contribution < 1.29 is 28.5 Å². The van der Waals surface area contributed by atoms with Gasteiger partial charge in [-0.15, -0.1) is 0 Å². The van der Waals surface area contributed by atoms with Crippen LogP contribution in [0.5, 0.6) is 5.75 Å². The Kier molecular flexibility index (Phi) is 8.90. The Morgan fingerprint density at radius 2 is 1.48 bits per heavy atom. The third-order valence-electron chi connectivity index (χ3n) is 7.83. The van der Waals surface area contributed by atoms with Crippen LogP contribution >= 0.6 is 0 Å². The molecule has 0 aromatic heterocycles. The fraction of sp³-hybridized carbons (Fsp3) is 0.394. The second-order valence-electron chi connectivity index (χ2n) is 11.5. The van der Waals surface area contributed by atoms with Gasteiger partial charge in [0.2, 0.25) is 0 Å². The first-order valence-corrected chi connectivity index (χ1v) is 15.9. The predicted molar refractivity (Wildman–Crippen MR) is 159 cm³/mol. The summed E-state index contributed by atoms with van der Waals surface area (Å²) < 4.78 is 31.4. The minimum absolute atomic E-state index is 0.177. The monoisotopic (exact) mass is 560 g/mol. The first kappa shape index (κ1) is 28.7. The van der Waals surface area contributed by atoms with E-state index in [1.54, 1.807) is 13.2 Å². The van der Waals surface area contributed by atoms with E-state index in [1.165, 1.54) is 10.4 Å². The average molecular weight is 561 g/mol. The molecule has 3 aromatic rings. The van der Waals surface area contributed by atoms with Gasteiger partial charge in [0.1, 0.15) is 24.1 Å². The molecule has 2 heterocycles. The SMILES string of the molecule is COc1ccc([C@@H]2OC[C@H]3O[C@@H](CO[Si](c4ccccc4)(c4ccccc4)C(C)(C)C)[C@H](O)/C=C\C[C@@H]3O2)cc1. The molecule has 0 bridgehead atoms. The lowest BCUT2D eigenvalue weighted by atomic mass is 10.0. The Labute approximate surface area is 238 Å². The van der Waals surface area contributed by atoms with Crippen LogP contribution in [0.3, 0.4) is 0 Å². The molecule has 5 atom stereocenters. The lowest BCUT2D eigenvalue weighted by molar-refractivity contribution is -0.277. The summed E-state index contributed by atoms with van der Waals surface area (Å²) in [6.45, 7) is 7.33. The number of methoxy groups -OCH3 is 1. The number of hydrogen-bond donors (Lipinski definition) is 1. The molecule has 1 N–H and O–H groups in total. The topological polar surface area (TPSA) is 66.4 Å². The highest BCUT2D eigenvalue weighted by Crippen LogP contribution is 2.38. The van der Waals surface area contributed by atoms with Crippen LogP contribution < -0.4 is 15.1 Å². The maximum absolute atomic E-state index is 11.1. The Bertz CT molecular complexity index is 1200. The van der Waals surface area contributed by atoms with Gasteiger partial charge in [-0.25, -0.2) is 0 Å². The Hall–Kier alpha value is -2.78. The summed E-state index contributed by atoms with van der Waals surface area (Å²) in [6.07, 6.45) is 2.00. The first-order valence-electron chi connectivity index (χ1n) is 14.0. The van der Waals surface area contributed by atoms with E-state index in [2.05, 4.69) is 69.3 Å². The van der Waals surface area contributed by atoms with Gasteiger partial charge in [0, 0.05) is 5.56 Å². The van der Waals surface area contributed by atoms with Crippen LogP contribution in [-0.4, -0.2) is 58.2 Å². The van der Waals surface area contributed by atoms with Gasteiger partial charge in [0.25, 0.3) is 8.32 Å². The molecular weight excluding hydrogens is 520 g/mol. The zero-order valence-electron chi connectivity index (χ0n) is 23.7. The van der Waals surface area contributed by atoms with Crippen LogP contribution in [0, 0.1) is 0 Å². The number of rotatable bonds is 7. The average Bonchev–Trinajstić information content (AvgIpc) is 2.97. The molecule has 40 heavy (non-hydrogen) atoms. The molecule has 7 heteroatoms. The van der Waals surface area contributed by atoms with Crippen LogP contribution in [-0.2, 0) is 18.6 Å². The van der Waals surface area contributed by atoms with Gasteiger partial charge < -0.3 is 28.5 Å². The second kappa shape index (κ2) is 12.4. The number of hydrogen-bond acceptors (Lipinski definition) is 6. The van der Waals surface area contributed by atoms with Crippen molar-refractivity contribution in [1.29, 1.82) is 0 Å². The standard InChI is InChI=1S/C33H40O6Si/c1-33(2,3)40(26-12-7-5-8-13-26,27-14-9-6-10-15-27)37-23-30-28(34)16-11-17-29-31(38-30)22-36-32(39-29)24-18-20-25(35-4)21-19-24/h5-16,18-21,28-32,34H,17,22-23H2,1-4H3/b16-11-/t28-,29+,30+,31-,32-/m1/s1. The zero-order chi connectivity index (χ0) is 28.2. The molecular formula is C33H40O6Si. The fourth-order valence-electron chi connectivity index (χ4n) is 5.73. The summed E-state index contributed by atoms with van der Waals surface area (Å²) in [6, 6.07) is 28.7. The Morgan fingerprint density at radius 3 is 2.05 bits per heavy atom. The molecule has 2 aliphatic rings. The summed E-state index contributed by atoms with van der Waals surface area (Å²) in [4.78, 5) is 0. The number of fused-ring (bicyclic) bond motifs is 1. The van der Waals surface area contributed by atoms with Crippen LogP contribution in [0.4, 0.5) is 0 Å². The lowest BCUT2D eigenvalue weighted by Crippen LogP contribution is -2.67. The largest absolute Gasteiger partial charge is 0.497 e. The van der Waals surface area contributed by atoms with E-state index in [0.29, 0.717) is 13.0 Å². The third-order valence-corrected chi connectivity index (χ3v) is 12.8. The van der Waals surface area contributed by atoms with Crippen molar-refractivity contribution in [3.63, 3.8) is 0 Å². The summed E-state index contributed by atoms with van der Waals surface area (Å²) >= 11 is 0. The van der Waals surface area contributed by atoms with Gasteiger partial charge in [-0.1, -0.05) is 106 Å². The molecule has 1 saturated heterocycles. The molecule has 5 rings (SSSR count). The van der Waals surface area contributed by atoms with Crippen LogP contribution in [0.15, 0.2) is 97.1 Å². The number of benzene rings is 3. The van der Waals surface area contributed by atoms with Gasteiger partial charge in [-0.2, -0.15) is 0 Å². The lowest BCUT2D eigenvalue weighted by Gasteiger charge is -2.45. The van der Waals surface area contributed by atoms with E-state index < -0.39 is 26.8 Å². The quantitative estimate of drug-likeness (QED) is 0.332. The summed E-state index contributed by atoms with van der Waals surface area (Å²) in [5.41, 5.74) is 0.928. The highest BCUT2D eigenvalue weighted by atomic mass is 28.4. The van der Waals surface area contributed by atoms with E-state index in [0.717, 1.165) is 11.3 Å². The fourth-order valence-corrected chi connectivity index (χ4v) is 10.3. The van der Waals surface area contributed by atoms with Gasteiger partial charge in [-0.05, 0) is 34.0 Å². The Balaban J connectivity index is 1.37. The zero-order valence-corrected chi connectivity index (χ0v) is 24.7. The van der Waals surface area contributed by atoms with E-state index >= 15 is 0 Å². The van der Waals surface area contributed by atoms with Crippen LogP contribution in [0.25, 0.3) is 0 Å². The maximum Gasteiger partial charge on any atom is 0.261 e. The maximum atomic E-state index is 11.1. The molecule has 0 saturated carbocycles. The molecule has 0 aliphatic carbocycles. The molecule has 212 valence electrons. The van der Waals surface area contributed by atoms with E-state index in [4.69, 9.17) is 23.4 Å². The highest BCUT2D eigenvalue weighted by molar-refractivity contribution is 6.99. The molecule has 6 nitrogen and oxygen atoms in total. The number of aliphatic hydroxyl groups excluding tert-OH is 1. The molecule has 0 unspecified atom stereocenters. The van der Waals surface area contributed by atoms with Gasteiger partial charge in [0.05, 0.1) is 26.4 Å². The number of ether oxygens (including phenoxy) is 4. The molecule has 0 radical (unpaired) electrons. The molecule has 0 spiro atoms. The van der Waals surface area contributed by atoms with Gasteiger partial charge in [0.15, 0.2) is 6.29 Å². The summed E-state index contributed by atoms with van der Waals surface area (Å²) in [7, 11) is -1.14. The van der Waals surface area contributed by atoms with Crippen molar-refractivity contribution in [2.24, 2.45) is 0 Å². The first-order chi connectivity index (χ1) is 19.3. The van der Waals surface area contributed by atoms with Crippen molar-refractivity contribution in [1.82, 2.24) is 0 Å². The normalized spacial score (nSPS) is 26.3. The third kappa shape index (κ3) is 5.95.